The van der Waals surface area contributed by atoms with Crippen LogP contribution in [0.15, 0.2) is 12.3 Å². The van der Waals surface area contributed by atoms with E-state index in [2.05, 4.69) is 9.97 Å². The third-order valence-corrected chi connectivity index (χ3v) is 2.38. The molecule has 14 heavy (non-hydrogen) atoms. The summed E-state index contributed by atoms with van der Waals surface area (Å²) in [6.45, 7) is 5.83. The number of aryl methyl sites for hydroxylation is 1. The van der Waals surface area contributed by atoms with Crippen LogP contribution in [0.3, 0.4) is 0 Å². The van der Waals surface area contributed by atoms with Crippen LogP contribution < -0.4 is 0 Å². The summed E-state index contributed by atoms with van der Waals surface area (Å²) < 4.78 is 13.9. The summed E-state index contributed by atoms with van der Waals surface area (Å²) in [6, 6.07) is 1.80. The fraction of sp³-hybridized carbons (Fsp3) is 0.364. The molecule has 0 bridgehead atoms. The van der Waals surface area contributed by atoms with Crippen LogP contribution in [0, 0.1) is 12.7 Å². The molecule has 0 atom stereocenters. The van der Waals surface area contributed by atoms with Crippen LogP contribution >= 0.6 is 0 Å². The van der Waals surface area contributed by atoms with E-state index in [1.54, 1.807) is 12.3 Å². The van der Waals surface area contributed by atoms with Gasteiger partial charge in [0.25, 0.3) is 0 Å². The Kier molecular flexibility index (Phi) is 2.02. The van der Waals surface area contributed by atoms with E-state index < -0.39 is 0 Å². The Morgan fingerprint density at radius 1 is 1.43 bits per heavy atom. The first-order valence-electron chi connectivity index (χ1n) is 4.73. The molecule has 0 amide bonds. The third-order valence-electron chi connectivity index (χ3n) is 2.38. The lowest BCUT2D eigenvalue weighted by molar-refractivity contribution is 0.608. The molecule has 2 rings (SSSR count). The second-order valence-electron chi connectivity index (χ2n) is 3.90. The van der Waals surface area contributed by atoms with Crippen molar-refractivity contribution >= 4 is 11.0 Å². The summed E-state index contributed by atoms with van der Waals surface area (Å²) in [5.74, 6) is 0.0245. The highest BCUT2D eigenvalue weighted by Gasteiger charge is 2.12. The van der Waals surface area contributed by atoms with Crippen molar-refractivity contribution in [3.05, 3.63) is 29.3 Å². The molecule has 0 radical (unpaired) electrons. The summed E-state index contributed by atoms with van der Waals surface area (Å²) in [7, 11) is 0. The lowest BCUT2D eigenvalue weighted by Gasteiger charge is -2.05. The summed E-state index contributed by atoms with van der Waals surface area (Å²) in [5, 5.41) is 0.591. The molecule has 0 aliphatic rings. The maximum absolute atomic E-state index is 13.9. The maximum Gasteiger partial charge on any atom is 0.140 e. The van der Waals surface area contributed by atoms with E-state index in [0.29, 0.717) is 16.6 Å². The lowest BCUT2D eigenvalue weighted by atomic mass is 10.0. The van der Waals surface area contributed by atoms with Crippen molar-refractivity contribution in [2.75, 3.05) is 0 Å². The van der Waals surface area contributed by atoms with Crippen LogP contribution in [0.25, 0.3) is 11.0 Å². The lowest BCUT2D eigenvalue weighted by Crippen LogP contribution is -1.95. The molecule has 0 saturated carbocycles. The van der Waals surface area contributed by atoms with Gasteiger partial charge in [0.2, 0.25) is 0 Å². The average Bonchev–Trinajstić information content (AvgIpc) is 2.46. The fourth-order valence-electron chi connectivity index (χ4n) is 1.59. The van der Waals surface area contributed by atoms with E-state index in [9.17, 15) is 4.39 Å². The van der Waals surface area contributed by atoms with Crippen molar-refractivity contribution in [1.82, 2.24) is 9.97 Å². The Morgan fingerprint density at radius 2 is 2.14 bits per heavy atom. The zero-order valence-electron chi connectivity index (χ0n) is 8.56. The number of fused-ring (bicyclic) bond motifs is 1. The van der Waals surface area contributed by atoms with E-state index in [-0.39, 0.29) is 11.7 Å². The number of nitrogens with zero attached hydrogens (tertiary/aromatic N) is 1. The first-order valence-corrected chi connectivity index (χ1v) is 4.73. The predicted molar refractivity (Wildman–Crippen MR) is 54.9 cm³/mol. The number of halogens is 1. The van der Waals surface area contributed by atoms with Crippen LogP contribution in [0.1, 0.15) is 31.0 Å². The van der Waals surface area contributed by atoms with Gasteiger partial charge < -0.3 is 4.98 Å². The van der Waals surface area contributed by atoms with E-state index in [1.165, 1.54) is 0 Å². The molecule has 0 aliphatic heterocycles. The van der Waals surface area contributed by atoms with Crippen molar-refractivity contribution < 1.29 is 4.39 Å². The zero-order chi connectivity index (χ0) is 10.3. The Balaban J connectivity index is 2.74. The molecule has 0 unspecified atom stereocenters. The van der Waals surface area contributed by atoms with Gasteiger partial charge in [-0.1, -0.05) is 13.8 Å². The minimum Gasteiger partial charge on any atom is -0.343 e. The third kappa shape index (κ3) is 1.29. The first-order chi connectivity index (χ1) is 6.59. The largest absolute Gasteiger partial charge is 0.343 e. The number of aromatic amines is 1. The van der Waals surface area contributed by atoms with E-state index in [4.69, 9.17) is 0 Å². The number of H-pyrrole nitrogens is 1. The van der Waals surface area contributed by atoms with E-state index in [0.717, 1.165) is 5.69 Å². The quantitative estimate of drug-likeness (QED) is 0.738. The maximum atomic E-state index is 13.9. The van der Waals surface area contributed by atoms with Gasteiger partial charge in [0.05, 0.1) is 5.39 Å². The second-order valence-corrected chi connectivity index (χ2v) is 3.90. The van der Waals surface area contributed by atoms with E-state index >= 15 is 0 Å². The standard InChI is InChI=1S/C11H13FN2/c1-6(2)9-5-13-11-8(10(9)12)4-7(3)14-11/h4-6H,1-3H3,(H,13,14). The van der Waals surface area contributed by atoms with Gasteiger partial charge in [-0.3, -0.25) is 0 Å². The molecule has 2 aromatic heterocycles. The molecule has 2 heterocycles. The molecule has 0 aromatic carbocycles. The van der Waals surface area contributed by atoms with E-state index in [1.807, 2.05) is 20.8 Å². The minimum atomic E-state index is -0.144. The van der Waals surface area contributed by atoms with Gasteiger partial charge in [-0.25, -0.2) is 9.37 Å². The van der Waals surface area contributed by atoms with Gasteiger partial charge >= 0.3 is 0 Å². The van der Waals surface area contributed by atoms with Gasteiger partial charge in [-0.15, -0.1) is 0 Å². The van der Waals surface area contributed by atoms with Crippen molar-refractivity contribution in [2.45, 2.75) is 26.7 Å². The van der Waals surface area contributed by atoms with Crippen LogP contribution in [0.4, 0.5) is 4.39 Å². The Hall–Kier alpha value is -1.38. The summed E-state index contributed by atoms with van der Waals surface area (Å²) in [5.41, 5.74) is 2.24. The zero-order valence-corrected chi connectivity index (χ0v) is 8.56. The normalized spacial score (nSPS) is 11.5. The summed E-state index contributed by atoms with van der Waals surface area (Å²) in [4.78, 5) is 7.20. The van der Waals surface area contributed by atoms with Crippen LogP contribution in [-0.2, 0) is 0 Å². The molecule has 1 N–H and O–H groups in total. The molecule has 74 valence electrons. The molecule has 3 heteroatoms. The smallest absolute Gasteiger partial charge is 0.140 e. The van der Waals surface area contributed by atoms with Gasteiger partial charge in [0.15, 0.2) is 0 Å². The molecule has 0 aliphatic carbocycles. The molecule has 2 aromatic rings. The Morgan fingerprint density at radius 3 is 2.79 bits per heavy atom. The van der Waals surface area contributed by atoms with Crippen LogP contribution in [-0.4, -0.2) is 9.97 Å². The molecule has 0 spiro atoms. The van der Waals surface area contributed by atoms with Crippen molar-refractivity contribution in [3.8, 4) is 0 Å². The van der Waals surface area contributed by atoms with Crippen molar-refractivity contribution in [3.63, 3.8) is 0 Å². The molecule has 2 nitrogen and oxygen atoms in total. The van der Waals surface area contributed by atoms with Crippen molar-refractivity contribution in [2.24, 2.45) is 0 Å². The Labute approximate surface area is 82.2 Å². The van der Waals surface area contributed by atoms with Gasteiger partial charge in [0, 0.05) is 17.5 Å². The Bertz CT molecular complexity index is 471. The number of aromatic nitrogens is 2. The number of rotatable bonds is 1. The van der Waals surface area contributed by atoms with Crippen molar-refractivity contribution in [1.29, 1.82) is 0 Å². The van der Waals surface area contributed by atoms with Gasteiger partial charge in [0.1, 0.15) is 11.5 Å². The average molecular weight is 192 g/mol. The predicted octanol–water partition coefficient (Wildman–Crippen LogP) is 3.13. The van der Waals surface area contributed by atoms with Gasteiger partial charge in [-0.05, 0) is 18.9 Å². The number of nitrogens with one attached hydrogen (secondary N) is 1. The highest BCUT2D eigenvalue weighted by Crippen LogP contribution is 2.24. The molecular formula is C11H13FN2. The van der Waals surface area contributed by atoms with Gasteiger partial charge in [-0.2, -0.15) is 0 Å². The number of hydrogen-bond acceptors (Lipinski definition) is 1. The molecular weight excluding hydrogens is 179 g/mol. The topological polar surface area (TPSA) is 28.7 Å². The SMILES string of the molecule is Cc1cc2c(F)c(C(C)C)cnc2[nH]1. The van der Waals surface area contributed by atoms with Crippen LogP contribution in [0.5, 0.6) is 0 Å². The number of hydrogen-bond donors (Lipinski definition) is 1. The first kappa shape index (κ1) is 9.19. The summed E-state index contributed by atoms with van der Waals surface area (Å²) in [6.07, 6.45) is 1.61. The minimum absolute atomic E-state index is 0.144. The highest BCUT2D eigenvalue weighted by molar-refractivity contribution is 5.78. The fourth-order valence-corrected chi connectivity index (χ4v) is 1.59. The molecule has 0 fully saturated rings. The second kappa shape index (κ2) is 3.08. The van der Waals surface area contributed by atoms with Crippen LogP contribution in [0.2, 0.25) is 0 Å². The molecule has 0 saturated heterocycles. The highest BCUT2D eigenvalue weighted by atomic mass is 19.1. The number of pyridine rings is 1. The summed E-state index contributed by atoms with van der Waals surface area (Å²) >= 11 is 0. The monoisotopic (exact) mass is 192 g/mol.